The van der Waals surface area contributed by atoms with Gasteiger partial charge in [0.25, 0.3) is 0 Å². The molecule has 0 N–H and O–H groups in total. The fraction of sp³-hybridized carbons (Fsp3) is 0.176. The standard InChI is InChI=1S/2C16H13.C2H6Si.2ClH.Zr/c2*1-12-10-14-8-5-9-15(16(14)11-12)13-6-3-2-4-7-13;1-3-2;;;/h2*2-11H,1H3;1-2H3;2*1H;/q;;;;;+2/p-2. The maximum Gasteiger partial charge on any atom is -1.00 e. The van der Waals surface area contributed by atoms with Gasteiger partial charge in [0, 0.05) is 0 Å². The summed E-state index contributed by atoms with van der Waals surface area (Å²) < 4.78 is 1.32. The van der Waals surface area contributed by atoms with E-state index >= 15 is 0 Å². The second kappa shape index (κ2) is 12.1. The predicted octanol–water partition coefficient (Wildman–Crippen LogP) is 3.51. The normalized spacial score (nSPS) is 16.6. The van der Waals surface area contributed by atoms with Gasteiger partial charge in [-0.15, -0.1) is 0 Å². The van der Waals surface area contributed by atoms with E-state index in [-0.39, 0.29) is 24.8 Å². The zero-order valence-electron chi connectivity index (χ0n) is 22.3. The molecule has 4 aromatic rings. The molecule has 4 heteroatoms. The van der Waals surface area contributed by atoms with Gasteiger partial charge in [-0.2, -0.15) is 0 Å². The van der Waals surface area contributed by atoms with Crippen molar-refractivity contribution in [3.05, 3.63) is 130 Å². The van der Waals surface area contributed by atoms with E-state index < -0.39 is 25.8 Å². The molecule has 0 spiro atoms. The van der Waals surface area contributed by atoms with Crippen molar-refractivity contribution in [2.24, 2.45) is 0 Å². The van der Waals surface area contributed by atoms with Gasteiger partial charge in [0.05, 0.1) is 0 Å². The molecular formula is C34H32Cl2SiZr. The van der Waals surface area contributed by atoms with Crippen LogP contribution in [0.1, 0.15) is 43.4 Å². The summed E-state index contributed by atoms with van der Waals surface area (Å²) in [5.74, 6) is 0. The minimum Gasteiger partial charge on any atom is -1.00 e. The average Bonchev–Trinajstić information content (AvgIpc) is 3.41. The molecule has 1 unspecified atom stereocenters. The molecule has 0 aliphatic heterocycles. The first-order valence-corrected chi connectivity index (χ1v) is 22.0. The summed E-state index contributed by atoms with van der Waals surface area (Å²) in [4.78, 5) is 0. The van der Waals surface area contributed by atoms with Crippen LogP contribution in [0.15, 0.2) is 108 Å². The molecule has 0 amide bonds. The Morgan fingerprint density at radius 1 is 0.526 bits per heavy atom. The number of allylic oxidation sites excluding steroid dienone is 2. The van der Waals surface area contributed by atoms with Crippen LogP contribution in [0.5, 0.6) is 0 Å². The summed E-state index contributed by atoms with van der Waals surface area (Å²) in [5.41, 5.74) is 14.4. The Balaban J connectivity index is 0.00000168. The molecule has 0 bridgehead atoms. The van der Waals surface area contributed by atoms with Gasteiger partial charge in [0.15, 0.2) is 0 Å². The Morgan fingerprint density at radius 3 is 1.29 bits per heavy atom. The summed E-state index contributed by atoms with van der Waals surface area (Å²) in [6, 6.07) is 36.0. The van der Waals surface area contributed by atoms with E-state index in [1.807, 2.05) is 0 Å². The van der Waals surface area contributed by atoms with Gasteiger partial charge in [0.2, 0.25) is 0 Å². The molecular weight excluding hydrogens is 599 g/mol. The predicted molar refractivity (Wildman–Crippen MR) is 154 cm³/mol. The van der Waals surface area contributed by atoms with Gasteiger partial charge in [-0.3, -0.25) is 0 Å². The molecule has 190 valence electrons. The smallest absolute Gasteiger partial charge is 1.00 e. The molecule has 0 heterocycles. The van der Waals surface area contributed by atoms with Crippen molar-refractivity contribution in [2.45, 2.75) is 34.2 Å². The van der Waals surface area contributed by atoms with Crippen LogP contribution in [0.4, 0.5) is 0 Å². The van der Waals surface area contributed by atoms with Crippen LogP contribution < -0.4 is 24.8 Å². The molecule has 0 aromatic heterocycles. The molecule has 0 saturated carbocycles. The van der Waals surface area contributed by atoms with E-state index in [0.717, 1.165) is 0 Å². The minimum atomic E-state index is -2.04. The van der Waals surface area contributed by atoms with Crippen molar-refractivity contribution >= 4 is 17.6 Å². The Bertz CT molecular complexity index is 1450. The third kappa shape index (κ3) is 5.02. The van der Waals surface area contributed by atoms with Crippen LogP contribution >= 0.6 is 0 Å². The number of halogens is 2. The zero-order chi connectivity index (χ0) is 24.8. The van der Waals surface area contributed by atoms with Gasteiger partial charge in [-0.1, -0.05) is 0 Å². The summed E-state index contributed by atoms with van der Waals surface area (Å²) in [7, 11) is 0. The maximum absolute atomic E-state index is 2.61. The van der Waals surface area contributed by atoms with Gasteiger partial charge in [-0.25, -0.2) is 0 Å². The third-order valence-electron chi connectivity index (χ3n) is 7.93. The summed E-state index contributed by atoms with van der Waals surface area (Å²) in [6.07, 6.45) is 5.06. The Kier molecular flexibility index (Phi) is 9.21. The molecule has 4 aromatic carbocycles. The molecule has 0 radical (unpaired) electrons. The van der Waals surface area contributed by atoms with E-state index in [1.165, 1.54) is 33.4 Å². The second-order valence-corrected chi connectivity index (χ2v) is 28.3. The van der Waals surface area contributed by atoms with Gasteiger partial charge >= 0.3 is 225 Å². The molecule has 2 atom stereocenters. The molecule has 0 fully saturated rings. The van der Waals surface area contributed by atoms with Gasteiger partial charge in [0.1, 0.15) is 0 Å². The van der Waals surface area contributed by atoms with Crippen molar-refractivity contribution in [3.8, 4) is 22.3 Å². The summed E-state index contributed by atoms with van der Waals surface area (Å²) >= 11 is -2.04. The quantitative estimate of drug-likeness (QED) is 0.303. The maximum atomic E-state index is 2.61. The first-order chi connectivity index (χ1) is 17.5. The number of rotatable bonds is 4. The van der Waals surface area contributed by atoms with Crippen molar-refractivity contribution in [3.63, 3.8) is 0 Å². The van der Waals surface area contributed by atoms with E-state index in [9.17, 15) is 0 Å². The van der Waals surface area contributed by atoms with Crippen LogP contribution in [0.3, 0.4) is 0 Å². The fourth-order valence-corrected chi connectivity index (χ4v) is 27.1. The SMILES string of the molecule is CC1=Cc2c(-c3ccccc3)cccc2[CH]1[Zr+2]([C@@H]1C(C)=Cc2c(-c3ccccc3)cccc21)=[Si](C)C.[Cl-].[Cl-]. The fourth-order valence-electron chi connectivity index (χ4n) is 6.41. The number of hydrogen-bond acceptors (Lipinski definition) is 0. The van der Waals surface area contributed by atoms with Crippen molar-refractivity contribution in [1.82, 2.24) is 0 Å². The molecule has 2 aliphatic carbocycles. The number of fused-ring (bicyclic) bond motifs is 2. The van der Waals surface area contributed by atoms with Crippen LogP contribution in [-0.2, 0) is 20.4 Å². The van der Waals surface area contributed by atoms with E-state index in [2.05, 4.69) is 136 Å². The topological polar surface area (TPSA) is 0 Å². The first-order valence-electron chi connectivity index (χ1n) is 12.9. The number of hydrogen-bond donors (Lipinski definition) is 0. The van der Waals surface area contributed by atoms with E-state index in [1.54, 1.807) is 22.3 Å². The van der Waals surface area contributed by atoms with Crippen molar-refractivity contribution in [2.75, 3.05) is 0 Å². The van der Waals surface area contributed by atoms with Crippen molar-refractivity contribution in [1.29, 1.82) is 0 Å². The van der Waals surface area contributed by atoms with Gasteiger partial charge in [-0.05, 0) is 0 Å². The molecule has 0 saturated heterocycles. The van der Waals surface area contributed by atoms with Crippen LogP contribution in [0.2, 0.25) is 13.1 Å². The van der Waals surface area contributed by atoms with E-state index in [0.29, 0.717) is 7.25 Å². The van der Waals surface area contributed by atoms with Crippen LogP contribution in [0, 0.1) is 0 Å². The zero-order valence-corrected chi connectivity index (χ0v) is 27.3. The molecule has 0 nitrogen and oxygen atoms in total. The minimum absolute atomic E-state index is 0. The Morgan fingerprint density at radius 2 is 0.921 bits per heavy atom. The molecule has 6 rings (SSSR count). The first kappa shape index (κ1) is 29.0. The Labute approximate surface area is 247 Å². The summed E-state index contributed by atoms with van der Waals surface area (Å²) in [6.45, 7) is 10.1. The van der Waals surface area contributed by atoms with E-state index in [4.69, 9.17) is 0 Å². The monoisotopic (exact) mass is 628 g/mol. The molecule has 2 aliphatic rings. The van der Waals surface area contributed by atoms with Gasteiger partial charge < -0.3 is 24.8 Å². The number of benzene rings is 4. The van der Waals surface area contributed by atoms with Crippen molar-refractivity contribution < 1.29 is 45.2 Å². The Hall–Kier alpha value is -1.96. The average molecular weight is 631 g/mol. The van der Waals surface area contributed by atoms with Crippen LogP contribution in [-0.4, -0.2) is 5.43 Å². The molecule has 38 heavy (non-hydrogen) atoms. The van der Waals surface area contributed by atoms with Crippen LogP contribution in [0.25, 0.3) is 34.4 Å². The third-order valence-corrected chi connectivity index (χ3v) is 27.8. The largest absolute Gasteiger partial charge is 1.00 e. The summed E-state index contributed by atoms with van der Waals surface area (Å²) in [5, 5.41) is 0. The second-order valence-electron chi connectivity index (χ2n) is 10.4.